The normalized spacial score (nSPS) is 12.0. The van der Waals surface area contributed by atoms with Gasteiger partial charge < -0.3 is 10.1 Å². The number of rotatable bonds is 7. The summed E-state index contributed by atoms with van der Waals surface area (Å²) in [7, 11) is 0. The molecular weight excluding hydrogens is 381 g/mol. The second-order valence-corrected chi connectivity index (χ2v) is 6.60. The molecule has 2 aromatic rings. The lowest BCUT2D eigenvalue weighted by molar-refractivity contribution is -0.148. The van der Waals surface area contributed by atoms with Crippen molar-refractivity contribution in [2.75, 3.05) is 5.32 Å². The number of anilines is 1. The number of nitrogens with one attached hydrogen (secondary N) is 1. The monoisotopic (exact) mass is 403 g/mol. The summed E-state index contributed by atoms with van der Waals surface area (Å²) in [4.78, 5) is 24.5. The number of carbonyl (C=O) groups is 2. The van der Waals surface area contributed by atoms with Crippen molar-refractivity contribution in [2.45, 2.75) is 39.7 Å². The van der Waals surface area contributed by atoms with Gasteiger partial charge in [-0.15, -0.1) is 0 Å². The lowest BCUT2D eigenvalue weighted by atomic mass is 10.0. The van der Waals surface area contributed by atoms with E-state index < -0.39 is 23.8 Å². The molecule has 0 aliphatic rings. The average Bonchev–Trinajstić information content (AvgIpc) is 2.67. The molecule has 2 aromatic carbocycles. The quantitative estimate of drug-likeness (QED) is 0.511. The van der Waals surface area contributed by atoms with Gasteiger partial charge in [-0.2, -0.15) is 0 Å². The van der Waals surface area contributed by atoms with Crippen molar-refractivity contribution in [1.29, 1.82) is 0 Å². The Morgan fingerprint density at radius 2 is 1.75 bits per heavy atom. The van der Waals surface area contributed by atoms with Gasteiger partial charge in [-0.05, 0) is 49.1 Å². The molecular formula is C22H23ClFNO3. The van der Waals surface area contributed by atoms with Gasteiger partial charge in [-0.3, -0.25) is 4.79 Å². The molecule has 0 spiro atoms. The van der Waals surface area contributed by atoms with E-state index in [-0.39, 0.29) is 10.6 Å². The first-order valence-corrected chi connectivity index (χ1v) is 9.49. The number of ether oxygens (including phenoxy) is 1. The minimum Gasteiger partial charge on any atom is -0.449 e. The number of halogens is 2. The van der Waals surface area contributed by atoms with Gasteiger partial charge in [-0.1, -0.05) is 49.7 Å². The van der Waals surface area contributed by atoms with Gasteiger partial charge in [0.25, 0.3) is 5.91 Å². The zero-order valence-electron chi connectivity index (χ0n) is 16.1. The Labute approximate surface area is 169 Å². The maximum absolute atomic E-state index is 13.7. The zero-order valence-corrected chi connectivity index (χ0v) is 16.8. The van der Waals surface area contributed by atoms with Gasteiger partial charge in [0.15, 0.2) is 6.10 Å². The van der Waals surface area contributed by atoms with Crippen molar-refractivity contribution in [3.8, 4) is 0 Å². The van der Waals surface area contributed by atoms with Crippen molar-refractivity contribution in [3.63, 3.8) is 0 Å². The minimum atomic E-state index is -1.01. The maximum atomic E-state index is 13.7. The molecule has 0 aliphatic carbocycles. The van der Waals surface area contributed by atoms with Crippen LogP contribution in [-0.2, 0) is 27.2 Å². The molecule has 1 amide bonds. The van der Waals surface area contributed by atoms with E-state index in [1.807, 2.05) is 32.0 Å². The summed E-state index contributed by atoms with van der Waals surface area (Å²) < 4.78 is 18.9. The van der Waals surface area contributed by atoms with E-state index in [0.717, 1.165) is 35.7 Å². The summed E-state index contributed by atoms with van der Waals surface area (Å²) in [6.07, 6.45) is 2.80. The highest BCUT2D eigenvalue weighted by Gasteiger charge is 2.19. The zero-order chi connectivity index (χ0) is 20.7. The largest absolute Gasteiger partial charge is 0.449 e. The molecule has 148 valence electrons. The summed E-state index contributed by atoms with van der Waals surface area (Å²) in [5.41, 5.74) is 2.87. The number of esters is 1. The lowest BCUT2D eigenvalue weighted by Gasteiger charge is -2.17. The number of hydrogen-bond donors (Lipinski definition) is 1. The van der Waals surface area contributed by atoms with Gasteiger partial charge >= 0.3 is 5.97 Å². The van der Waals surface area contributed by atoms with Gasteiger partial charge in [0.1, 0.15) is 5.82 Å². The molecule has 0 fully saturated rings. The summed E-state index contributed by atoms with van der Waals surface area (Å²) in [5.74, 6) is -1.74. The van der Waals surface area contributed by atoms with Crippen LogP contribution >= 0.6 is 11.6 Å². The van der Waals surface area contributed by atoms with Crippen LogP contribution in [0.4, 0.5) is 10.1 Å². The Morgan fingerprint density at radius 3 is 2.32 bits per heavy atom. The number of para-hydroxylation sites is 1. The third-order valence-corrected chi connectivity index (χ3v) is 4.62. The number of amides is 1. The Kier molecular flexibility index (Phi) is 7.76. The summed E-state index contributed by atoms with van der Waals surface area (Å²) in [6.45, 7) is 5.50. The Bertz CT molecular complexity index is 853. The van der Waals surface area contributed by atoms with Crippen LogP contribution in [0.2, 0.25) is 5.02 Å². The van der Waals surface area contributed by atoms with Crippen LogP contribution in [0.1, 0.15) is 37.5 Å². The first kappa shape index (κ1) is 21.6. The number of aryl methyl sites for hydroxylation is 2. The molecule has 4 nitrogen and oxygen atoms in total. The van der Waals surface area contributed by atoms with Crippen LogP contribution in [0, 0.1) is 5.82 Å². The van der Waals surface area contributed by atoms with Crippen molar-refractivity contribution in [1.82, 2.24) is 0 Å². The fourth-order valence-electron chi connectivity index (χ4n) is 2.72. The van der Waals surface area contributed by atoms with Gasteiger partial charge in [0.05, 0.1) is 5.02 Å². The third-order valence-electron chi connectivity index (χ3n) is 4.29. The summed E-state index contributed by atoms with van der Waals surface area (Å²) >= 11 is 5.91. The number of hydrogen-bond acceptors (Lipinski definition) is 3. The van der Waals surface area contributed by atoms with Crippen LogP contribution < -0.4 is 5.32 Å². The van der Waals surface area contributed by atoms with Crippen molar-refractivity contribution < 1.29 is 18.7 Å². The second-order valence-electron chi connectivity index (χ2n) is 6.20. The molecule has 6 heteroatoms. The minimum absolute atomic E-state index is 0.0858. The maximum Gasteiger partial charge on any atom is 0.331 e. The molecule has 0 saturated heterocycles. The Morgan fingerprint density at radius 1 is 1.14 bits per heavy atom. The van der Waals surface area contributed by atoms with E-state index in [1.54, 1.807) is 0 Å². The molecule has 0 bridgehead atoms. The molecule has 28 heavy (non-hydrogen) atoms. The molecule has 0 saturated carbocycles. The second kappa shape index (κ2) is 10.0. The molecule has 1 atom stereocenters. The molecule has 2 rings (SSSR count). The molecule has 0 heterocycles. The van der Waals surface area contributed by atoms with Crippen LogP contribution in [0.25, 0.3) is 6.08 Å². The lowest BCUT2D eigenvalue weighted by Crippen LogP contribution is -2.30. The van der Waals surface area contributed by atoms with E-state index >= 15 is 0 Å². The Hall–Kier alpha value is -2.66. The first-order chi connectivity index (χ1) is 13.4. The fourth-order valence-corrected chi connectivity index (χ4v) is 2.94. The highest BCUT2D eigenvalue weighted by Crippen LogP contribution is 2.23. The molecule has 0 aliphatic heterocycles. The third kappa shape index (κ3) is 5.42. The van der Waals surface area contributed by atoms with Gasteiger partial charge in [0, 0.05) is 17.3 Å². The number of benzene rings is 2. The van der Waals surface area contributed by atoms with Crippen LogP contribution in [-0.4, -0.2) is 18.0 Å². The van der Waals surface area contributed by atoms with E-state index in [4.69, 9.17) is 16.3 Å². The predicted octanol–water partition coefficient (Wildman–Crippen LogP) is 5.19. The summed E-state index contributed by atoms with van der Waals surface area (Å²) in [6, 6.07) is 10.1. The topological polar surface area (TPSA) is 55.4 Å². The predicted molar refractivity (Wildman–Crippen MR) is 110 cm³/mol. The van der Waals surface area contributed by atoms with E-state index in [9.17, 15) is 14.0 Å². The van der Waals surface area contributed by atoms with Gasteiger partial charge in [0.2, 0.25) is 0 Å². The van der Waals surface area contributed by atoms with Crippen molar-refractivity contribution >= 4 is 35.2 Å². The fraction of sp³-hybridized carbons (Fsp3) is 0.273. The molecule has 0 aromatic heterocycles. The number of carbonyl (C=O) groups excluding carboxylic acids is 2. The SMILES string of the molecule is CCc1cccc(CC)c1NC(=O)[C@@H](C)OC(=O)/C=C/c1c(F)cccc1Cl. The van der Waals surface area contributed by atoms with E-state index in [2.05, 4.69) is 5.32 Å². The average molecular weight is 404 g/mol. The van der Waals surface area contributed by atoms with Crippen LogP contribution in [0.15, 0.2) is 42.5 Å². The molecule has 0 unspecified atom stereocenters. The standard InChI is InChI=1S/C22H23ClFNO3/c1-4-15-8-6-9-16(5-2)21(15)25-22(27)14(3)28-20(26)13-12-17-18(23)10-7-11-19(17)24/h6-14H,4-5H2,1-3H3,(H,25,27)/b13-12+/t14-/m1/s1. The highest BCUT2D eigenvalue weighted by molar-refractivity contribution is 6.32. The highest BCUT2D eigenvalue weighted by atomic mass is 35.5. The van der Waals surface area contributed by atoms with Gasteiger partial charge in [-0.25, -0.2) is 9.18 Å². The Balaban J connectivity index is 2.05. The van der Waals surface area contributed by atoms with Crippen molar-refractivity contribution in [2.24, 2.45) is 0 Å². The smallest absolute Gasteiger partial charge is 0.331 e. The van der Waals surface area contributed by atoms with E-state index in [0.29, 0.717) is 0 Å². The van der Waals surface area contributed by atoms with E-state index in [1.165, 1.54) is 31.2 Å². The van der Waals surface area contributed by atoms with Crippen LogP contribution in [0.5, 0.6) is 0 Å². The van der Waals surface area contributed by atoms with Crippen molar-refractivity contribution in [3.05, 3.63) is 70.0 Å². The summed E-state index contributed by atoms with van der Waals surface area (Å²) in [5, 5.41) is 3.04. The van der Waals surface area contributed by atoms with Crippen LogP contribution in [0.3, 0.4) is 0 Å². The molecule has 0 radical (unpaired) electrons. The first-order valence-electron chi connectivity index (χ1n) is 9.11. The molecule has 1 N–H and O–H groups in total.